The van der Waals surface area contributed by atoms with Gasteiger partial charge in [-0.2, -0.15) is 0 Å². The highest BCUT2D eigenvalue weighted by atomic mass is 16.6. The monoisotopic (exact) mass is 373 g/mol. The fourth-order valence-corrected chi connectivity index (χ4v) is 2.10. The summed E-state index contributed by atoms with van der Waals surface area (Å²) in [5.74, 6) is 1.12. The highest BCUT2D eigenvalue weighted by Crippen LogP contribution is 2.27. The molecule has 0 spiro atoms. The number of aromatic nitrogens is 1. The number of benzene rings is 1. The summed E-state index contributed by atoms with van der Waals surface area (Å²) in [5, 5.41) is 13.4. The van der Waals surface area contributed by atoms with Crippen LogP contribution in [0.25, 0.3) is 6.08 Å². The average molecular weight is 373 g/mol. The number of carbonyl (C=O) groups excluding carboxylic acids is 1. The van der Waals surface area contributed by atoms with E-state index in [4.69, 9.17) is 14.2 Å². The van der Waals surface area contributed by atoms with E-state index in [0.717, 1.165) is 11.8 Å². The fourth-order valence-electron chi connectivity index (χ4n) is 2.10. The Morgan fingerprint density at radius 2 is 2.00 bits per heavy atom. The summed E-state index contributed by atoms with van der Waals surface area (Å²) >= 11 is 0. The molecule has 1 aromatic carbocycles. The molecule has 0 fully saturated rings. The summed E-state index contributed by atoms with van der Waals surface area (Å²) in [5.41, 5.74) is 0.671. The van der Waals surface area contributed by atoms with Crippen LogP contribution in [0.5, 0.6) is 11.5 Å². The van der Waals surface area contributed by atoms with Crippen LogP contribution < -0.4 is 14.8 Å². The van der Waals surface area contributed by atoms with Crippen molar-refractivity contribution in [2.45, 2.75) is 0 Å². The smallest absolute Gasteiger partial charge is 0.330 e. The lowest BCUT2D eigenvalue weighted by Crippen LogP contribution is -2.13. The van der Waals surface area contributed by atoms with Gasteiger partial charge in [0.2, 0.25) is 0 Å². The van der Waals surface area contributed by atoms with Crippen molar-refractivity contribution in [3.05, 3.63) is 58.3 Å². The molecule has 2 aromatic rings. The Morgan fingerprint density at radius 3 is 2.63 bits per heavy atom. The molecule has 0 saturated heterocycles. The predicted octanol–water partition coefficient (Wildman–Crippen LogP) is 2.68. The molecule has 0 radical (unpaired) electrons. The number of rotatable bonds is 9. The number of pyridine rings is 1. The second kappa shape index (κ2) is 9.76. The van der Waals surface area contributed by atoms with E-state index in [1.54, 1.807) is 31.4 Å². The number of hydrogen-bond donors (Lipinski definition) is 1. The maximum absolute atomic E-state index is 11.7. The molecular weight excluding hydrogens is 354 g/mol. The number of carbonyl (C=O) groups is 1. The van der Waals surface area contributed by atoms with Crippen LogP contribution in [0.4, 0.5) is 11.5 Å². The first-order valence-corrected chi connectivity index (χ1v) is 7.94. The zero-order valence-electron chi connectivity index (χ0n) is 14.9. The van der Waals surface area contributed by atoms with Crippen LogP contribution in [0.15, 0.2) is 42.6 Å². The molecule has 27 heavy (non-hydrogen) atoms. The Labute approximate surface area is 155 Å². The van der Waals surface area contributed by atoms with E-state index in [1.165, 1.54) is 25.3 Å². The first-order valence-electron chi connectivity index (χ1n) is 7.94. The number of nitro groups is 1. The van der Waals surface area contributed by atoms with Crippen molar-refractivity contribution >= 4 is 23.6 Å². The SMILES string of the molecule is COc1ccc(/C=C/C(=O)OCCNc2ccc([N+](=O)[O-])cn2)cc1OC. The predicted molar refractivity (Wildman–Crippen MR) is 98.9 cm³/mol. The van der Waals surface area contributed by atoms with Gasteiger partial charge in [0.1, 0.15) is 18.6 Å². The van der Waals surface area contributed by atoms with Crippen LogP contribution in [0.3, 0.4) is 0 Å². The summed E-state index contributed by atoms with van der Waals surface area (Å²) < 4.78 is 15.4. The summed E-state index contributed by atoms with van der Waals surface area (Å²) in [4.78, 5) is 25.7. The Hall–Kier alpha value is -3.62. The van der Waals surface area contributed by atoms with Gasteiger partial charge in [-0.25, -0.2) is 9.78 Å². The maximum Gasteiger partial charge on any atom is 0.330 e. The molecule has 0 aliphatic carbocycles. The van der Waals surface area contributed by atoms with Gasteiger partial charge in [-0.1, -0.05) is 6.07 Å². The van der Waals surface area contributed by atoms with Crippen molar-refractivity contribution in [1.29, 1.82) is 0 Å². The van der Waals surface area contributed by atoms with Gasteiger partial charge in [-0.3, -0.25) is 10.1 Å². The van der Waals surface area contributed by atoms with Crippen molar-refractivity contribution in [2.75, 3.05) is 32.7 Å². The average Bonchev–Trinajstić information content (AvgIpc) is 2.69. The molecule has 0 bridgehead atoms. The largest absolute Gasteiger partial charge is 0.493 e. The van der Waals surface area contributed by atoms with Gasteiger partial charge in [0.25, 0.3) is 5.69 Å². The van der Waals surface area contributed by atoms with Crippen LogP contribution in [0, 0.1) is 10.1 Å². The number of nitrogens with zero attached hydrogens (tertiary/aromatic N) is 2. The molecule has 0 aliphatic rings. The lowest BCUT2D eigenvalue weighted by atomic mass is 10.2. The minimum atomic E-state index is -0.525. The topological polar surface area (TPSA) is 113 Å². The van der Waals surface area contributed by atoms with Gasteiger partial charge < -0.3 is 19.5 Å². The van der Waals surface area contributed by atoms with Crippen LogP contribution in [-0.2, 0) is 9.53 Å². The normalized spacial score (nSPS) is 10.4. The highest BCUT2D eigenvalue weighted by Gasteiger charge is 2.05. The maximum atomic E-state index is 11.7. The van der Waals surface area contributed by atoms with Crippen molar-refractivity contribution in [2.24, 2.45) is 0 Å². The minimum absolute atomic E-state index is 0.0905. The van der Waals surface area contributed by atoms with E-state index in [0.29, 0.717) is 23.9 Å². The molecule has 0 amide bonds. The lowest BCUT2D eigenvalue weighted by Gasteiger charge is -2.07. The van der Waals surface area contributed by atoms with Crippen LogP contribution in [0.2, 0.25) is 0 Å². The van der Waals surface area contributed by atoms with Gasteiger partial charge in [-0.15, -0.1) is 0 Å². The molecule has 142 valence electrons. The van der Waals surface area contributed by atoms with Crippen LogP contribution >= 0.6 is 0 Å². The van der Waals surface area contributed by atoms with Crippen molar-refractivity contribution < 1.29 is 23.9 Å². The Bertz CT molecular complexity index is 820. The number of ether oxygens (including phenoxy) is 3. The van der Waals surface area contributed by atoms with Crippen LogP contribution in [0.1, 0.15) is 5.56 Å². The molecule has 1 heterocycles. The minimum Gasteiger partial charge on any atom is -0.493 e. The molecule has 1 aromatic heterocycles. The quantitative estimate of drug-likeness (QED) is 0.235. The Kier molecular flexibility index (Phi) is 7.12. The molecule has 0 saturated carbocycles. The van der Waals surface area contributed by atoms with E-state index in [1.807, 2.05) is 0 Å². The van der Waals surface area contributed by atoms with E-state index < -0.39 is 10.9 Å². The molecule has 0 atom stereocenters. The summed E-state index contributed by atoms with van der Waals surface area (Å²) in [6.07, 6.45) is 4.07. The van der Waals surface area contributed by atoms with Gasteiger partial charge in [0.15, 0.2) is 11.5 Å². The zero-order valence-corrected chi connectivity index (χ0v) is 14.9. The van der Waals surface area contributed by atoms with Crippen molar-refractivity contribution in [3.63, 3.8) is 0 Å². The van der Waals surface area contributed by atoms with E-state index in [9.17, 15) is 14.9 Å². The highest BCUT2D eigenvalue weighted by molar-refractivity contribution is 5.87. The standard InChI is InChI=1S/C18H19N3O6/c1-25-15-6-3-13(11-16(15)26-2)4-8-18(22)27-10-9-19-17-7-5-14(12-20-17)21(23)24/h3-8,11-12H,9-10H2,1-2H3,(H,19,20)/b8-4+. The number of anilines is 1. The number of hydrogen-bond acceptors (Lipinski definition) is 8. The molecule has 9 heteroatoms. The van der Waals surface area contributed by atoms with E-state index >= 15 is 0 Å². The molecule has 0 unspecified atom stereocenters. The first kappa shape index (κ1) is 19.7. The van der Waals surface area contributed by atoms with Gasteiger partial charge in [-0.05, 0) is 29.8 Å². The second-order valence-corrected chi connectivity index (χ2v) is 5.20. The molecule has 2 rings (SSSR count). The molecule has 9 nitrogen and oxygen atoms in total. The first-order chi connectivity index (χ1) is 13.0. The third-order valence-electron chi connectivity index (χ3n) is 3.43. The molecule has 1 N–H and O–H groups in total. The third-order valence-corrected chi connectivity index (χ3v) is 3.43. The summed E-state index contributed by atoms with van der Waals surface area (Å²) in [6, 6.07) is 8.09. The molecular formula is C18H19N3O6. The van der Waals surface area contributed by atoms with E-state index in [-0.39, 0.29) is 12.3 Å². The molecule has 0 aliphatic heterocycles. The lowest BCUT2D eigenvalue weighted by molar-refractivity contribution is -0.385. The summed E-state index contributed by atoms with van der Waals surface area (Å²) in [7, 11) is 3.08. The van der Waals surface area contributed by atoms with Gasteiger partial charge in [0, 0.05) is 12.1 Å². The second-order valence-electron chi connectivity index (χ2n) is 5.20. The Balaban J connectivity index is 1.77. The third kappa shape index (κ3) is 5.99. The number of esters is 1. The number of nitrogens with one attached hydrogen (secondary N) is 1. The summed E-state index contributed by atoms with van der Waals surface area (Å²) in [6.45, 7) is 0.439. The Morgan fingerprint density at radius 1 is 1.22 bits per heavy atom. The fraction of sp³-hybridized carbons (Fsp3) is 0.222. The van der Waals surface area contributed by atoms with Crippen LogP contribution in [-0.4, -0.2) is 43.2 Å². The number of methoxy groups -OCH3 is 2. The van der Waals surface area contributed by atoms with Crippen molar-refractivity contribution in [3.8, 4) is 11.5 Å². The van der Waals surface area contributed by atoms with Gasteiger partial charge in [0.05, 0.1) is 25.7 Å². The zero-order chi connectivity index (χ0) is 19.6. The van der Waals surface area contributed by atoms with Crippen molar-refractivity contribution in [1.82, 2.24) is 4.98 Å². The van der Waals surface area contributed by atoms with E-state index in [2.05, 4.69) is 10.3 Å². The van der Waals surface area contributed by atoms with Gasteiger partial charge >= 0.3 is 5.97 Å².